The summed E-state index contributed by atoms with van der Waals surface area (Å²) >= 11 is 4.72. The van der Waals surface area contributed by atoms with Crippen LogP contribution in [0.25, 0.3) is 5.53 Å². The number of hydrogen-bond acceptors (Lipinski definition) is 18. The molecule has 0 spiro atoms. The SMILES string of the molecule is C.C.CC(C)(C)OC(=O)N1CCCC(C)(C(=O)C=[N+]=[N-])C1.CC(C)(C)OC(=O)N1CCCC(C)(C(=O)O)C1.CC1(CC(=O)O)CCCN(C(=O)OC(C)(C)C)C1.CCN(C(C)C)C(C)C.CCOC(=O)Cl.CCOC(=O)OC(=O)C1(C)CCCN(C(=O)OC(C)(C)C)C1. The lowest BCUT2D eigenvalue weighted by atomic mass is 9.78. The van der Waals surface area contributed by atoms with Gasteiger partial charge in [-0.05, 0) is 202 Å². The number of carbonyl (C=O) groups excluding carboxylic acids is 8. The van der Waals surface area contributed by atoms with E-state index < -0.39 is 86.4 Å². The van der Waals surface area contributed by atoms with Crippen LogP contribution in [-0.2, 0) is 52.3 Å². The zero-order valence-electron chi connectivity index (χ0n) is 59.2. The second-order valence-corrected chi connectivity index (χ2v) is 29.1. The van der Waals surface area contributed by atoms with Gasteiger partial charge in [0.25, 0.3) is 0 Å². The summed E-state index contributed by atoms with van der Waals surface area (Å²) in [6.07, 6.45) is 3.83. The molecule has 0 aromatic heterocycles. The predicted molar refractivity (Wildman–Crippen MR) is 357 cm³/mol. The quantitative estimate of drug-likeness (QED) is 0.0369. The van der Waals surface area contributed by atoms with Crippen molar-refractivity contribution in [1.82, 2.24) is 24.5 Å². The van der Waals surface area contributed by atoms with Crippen LogP contribution in [0.4, 0.5) is 28.8 Å². The predicted octanol–water partition coefficient (Wildman–Crippen LogP) is 14.0. The van der Waals surface area contributed by atoms with Gasteiger partial charge in [0.2, 0.25) is 5.78 Å². The Morgan fingerprint density at radius 3 is 1.14 bits per heavy atom. The maximum atomic E-state index is 12.2. The van der Waals surface area contributed by atoms with Crippen LogP contribution in [0, 0.1) is 21.7 Å². The second-order valence-electron chi connectivity index (χ2n) is 28.8. The summed E-state index contributed by atoms with van der Waals surface area (Å²) in [4.78, 5) is 126. The van der Waals surface area contributed by atoms with Gasteiger partial charge >= 0.3 is 60.1 Å². The van der Waals surface area contributed by atoms with Crippen LogP contribution in [0.5, 0.6) is 0 Å². The van der Waals surface area contributed by atoms with E-state index in [0.717, 1.165) is 32.0 Å². The van der Waals surface area contributed by atoms with Crippen LogP contribution in [0.2, 0.25) is 0 Å². The first kappa shape index (κ1) is 93.1. The standard InChI is InChI=1S/C15H25NO6.C13H21N3O3.C13H23NO4.C12H21NO4.C8H19N.C3H5ClO2.2CH4/c1-6-20-13(19)21-11(17)15(5)8-7-9-16(10-15)12(18)22-14(2,3)4;1-12(2,3)19-11(18)16-7-5-6-13(4,9-16)10(17)8-15-14;1-12(2,3)18-11(17)14-7-5-6-13(4,9-14)8-10(15)16;1-11(2,3)17-10(16)13-7-5-6-12(4,8-13)9(14)15;1-6-9(7(2)3)8(4)5;1-2-6-3(4)5;;/h6-10H2,1-5H3;8H,5-7,9H2,1-4H3;5-9H2,1-4H3,(H,15,16);5-8H2,1-4H3,(H,14,15);7-8H,6H2,1-5H3;2H2,1H3;2*1H4. The fourth-order valence-corrected chi connectivity index (χ4v) is 10.1. The summed E-state index contributed by atoms with van der Waals surface area (Å²) in [5.74, 6) is -2.63. The van der Waals surface area contributed by atoms with E-state index in [0.29, 0.717) is 83.5 Å². The maximum absolute atomic E-state index is 12.2. The molecule has 4 heterocycles. The van der Waals surface area contributed by atoms with Crippen LogP contribution in [0.1, 0.15) is 232 Å². The number of piperidine rings is 4. The summed E-state index contributed by atoms with van der Waals surface area (Å²) in [5.41, 5.74) is 2.65. The monoisotopic (exact) mass is 1350 g/mol. The summed E-state index contributed by atoms with van der Waals surface area (Å²) in [5, 5.41) is 18.1. The van der Waals surface area contributed by atoms with Crippen LogP contribution < -0.4 is 0 Å². The molecule has 4 rings (SSSR count). The first-order chi connectivity index (χ1) is 41.4. The van der Waals surface area contributed by atoms with Crippen molar-refractivity contribution in [3.8, 4) is 0 Å². The molecule has 4 aliphatic rings. The number of ether oxygens (including phenoxy) is 7. The minimum atomic E-state index is -1.01. The van der Waals surface area contributed by atoms with E-state index in [1.54, 1.807) is 102 Å². The van der Waals surface area contributed by atoms with E-state index in [-0.39, 0.29) is 64.8 Å². The number of esters is 1. The first-order valence-electron chi connectivity index (χ1n) is 31.4. The Morgan fingerprint density at radius 1 is 0.538 bits per heavy atom. The number of carboxylic acids is 2. The van der Waals surface area contributed by atoms with Gasteiger partial charge in [0.1, 0.15) is 22.4 Å². The van der Waals surface area contributed by atoms with Gasteiger partial charge in [-0.3, -0.25) is 24.1 Å². The molecule has 0 aromatic carbocycles. The third kappa shape index (κ3) is 39.3. The molecule has 27 heteroatoms. The maximum Gasteiger partial charge on any atom is 0.516 e. The van der Waals surface area contributed by atoms with E-state index in [1.165, 1.54) is 14.7 Å². The third-order valence-electron chi connectivity index (χ3n) is 14.2. The Kier molecular flexibility index (Phi) is 41.6. The molecule has 542 valence electrons. The molecule has 4 amide bonds. The molecular formula is C66H122ClN7O19. The van der Waals surface area contributed by atoms with E-state index in [1.807, 2.05) is 27.7 Å². The van der Waals surface area contributed by atoms with Gasteiger partial charge in [-0.25, -0.2) is 28.8 Å². The topological polar surface area (TPSA) is 328 Å². The average Bonchev–Trinajstić information content (AvgIpc) is 0.850. The largest absolute Gasteiger partial charge is 0.516 e. The highest BCUT2D eigenvalue weighted by atomic mass is 35.5. The average molecular weight is 1350 g/mol. The number of carboxylic acid groups (broad SMARTS) is 2. The van der Waals surface area contributed by atoms with Crippen molar-refractivity contribution in [2.45, 2.75) is 266 Å². The van der Waals surface area contributed by atoms with Crippen molar-refractivity contribution in [2.75, 3.05) is 72.1 Å². The lowest BCUT2D eigenvalue weighted by Gasteiger charge is -2.40. The number of hydrogen-bond donors (Lipinski definition) is 2. The number of amides is 4. The van der Waals surface area contributed by atoms with Crippen molar-refractivity contribution in [2.24, 2.45) is 21.7 Å². The Balaban J connectivity index is -0.000000526. The molecule has 0 aromatic rings. The molecular weight excluding hydrogens is 1230 g/mol. The van der Waals surface area contributed by atoms with Gasteiger partial charge in [-0.2, -0.15) is 4.79 Å². The first-order valence-corrected chi connectivity index (χ1v) is 31.8. The lowest BCUT2D eigenvalue weighted by Crippen LogP contribution is -2.50. The molecule has 0 bridgehead atoms. The molecule has 4 saturated heterocycles. The molecule has 4 fully saturated rings. The van der Waals surface area contributed by atoms with Crippen LogP contribution in [0.3, 0.4) is 0 Å². The number of ketones is 1. The molecule has 0 saturated carbocycles. The normalized spacial score (nSPS) is 21.1. The fourth-order valence-electron chi connectivity index (χ4n) is 10.0. The molecule has 2 N–H and O–H groups in total. The molecule has 4 atom stereocenters. The fraction of sp³-hybridized carbons (Fsp3) is 0.833. The number of halogens is 1. The van der Waals surface area contributed by atoms with Crippen LogP contribution in [0.15, 0.2) is 0 Å². The number of Topliss-reactive ketones (excluding diaryl/α,β-unsaturated/α-hetero) is 1. The van der Waals surface area contributed by atoms with Gasteiger partial charge in [0, 0.05) is 76.0 Å². The molecule has 0 radical (unpaired) electrons. The molecule has 0 aliphatic carbocycles. The molecule has 4 unspecified atom stereocenters. The highest BCUT2D eigenvalue weighted by Gasteiger charge is 2.45. The van der Waals surface area contributed by atoms with Crippen molar-refractivity contribution in [3.63, 3.8) is 0 Å². The van der Waals surface area contributed by atoms with Crippen molar-refractivity contribution < 1.29 is 96.1 Å². The van der Waals surface area contributed by atoms with E-state index in [2.05, 4.69) is 58.5 Å². The van der Waals surface area contributed by atoms with Gasteiger partial charge in [-0.15, -0.1) is 0 Å². The lowest BCUT2D eigenvalue weighted by molar-refractivity contribution is -0.154. The summed E-state index contributed by atoms with van der Waals surface area (Å²) in [6.45, 7) is 48.2. The Morgan fingerprint density at radius 2 is 0.860 bits per heavy atom. The summed E-state index contributed by atoms with van der Waals surface area (Å²) < 4.78 is 34.6. The smallest absolute Gasteiger partial charge is 0.481 e. The van der Waals surface area contributed by atoms with Crippen LogP contribution >= 0.6 is 11.6 Å². The minimum Gasteiger partial charge on any atom is -0.481 e. The Bertz CT molecular complexity index is 2420. The van der Waals surface area contributed by atoms with Gasteiger partial charge < -0.3 is 68.5 Å². The van der Waals surface area contributed by atoms with E-state index in [4.69, 9.17) is 46.3 Å². The third-order valence-corrected chi connectivity index (χ3v) is 14.3. The summed E-state index contributed by atoms with van der Waals surface area (Å²) in [6, 6.07) is 1.38. The Labute approximate surface area is 561 Å². The highest BCUT2D eigenvalue weighted by Crippen LogP contribution is 2.35. The van der Waals surface area contributed by atoms with Crippen LogP contribution in [-0.4, -0.2) is 212 Å². The summed E-state index contributed by atoms with van der Waals surface area (Å²) in [7, 11) is 0. The van der Waals surface area contributed by atoms with Crippen molar-refractivity contribution >= 4 is 77.5 Å². The zero-order valence-corrected chi connectivity index (χ0v) is 60.0. The van der Waals surface area contributed by atoms with Gasteiger partial charge in [0.05, 0.1) is 35.9 Å². The number of rotatable bonds is 11. The Hall–Kier alpha value is -6.27. The molecule has 4 aliphatic heterocycles. The van der Waals surface area contributed by atoms with Gasteiger partial charge in [0.15, 0.2) is 0 Å². The van der Waals surface area contributed by atoms with E-state index >= 15 is 0 Å². The number of nitrogens with zero attached hydrogens (tertiary/aromatic N) is 7. The van der Waals surface area contributed by atoms with E-state index in [9.17, 15) is 47.9 Å². The van der Waals surface area contributed by atoms with Gasteiger partial charge in [-0.1, -0.05) is 35.6 Å². The molecule has 93 heavy (non-hydrogen) atoms. The van der Waals surface area contributed by atoms with Crippen molar-refractivity contribution in [3.05, 3.63) is 5.53 Å². The molecule has 26 nitrogen and oxygen atoms in total. The number of likely N-dealkylation sites (tertiary alicyclic amines) is 4. The van der Waals surface area contributed by atoms with Crippen molar-refractivity contribution in [1.29, 1.82) is 0 Å². The second kappa shape index (κ2) is 41.5. The number of aliphatic carboxylic acids is 2. The number of carbonyl (C=O) groups is 10. The minimum absolute atomic E-state index is 0. The highest BCUT2D eigenvalue weighted by molar-refractivity contribution is 6.61. The zero-order chi connectivity index (χ0) is 71.3.